The molecule has 19 heavy (non-hydrogen) atoms. The van der Waals surface area contributed by atoms with Crippen LogP contribution in [0.25, 0.3) is 5.57 Å². The summed E-state index contributed by atoms with van der Waals surface area (Å²) in [5.74, 6) is 0.283. The molecule has 0 fully saturated rings. The maximum atomic E-state index is 12.9. The van der Waals surface area contributed by atoms with Crippen molar-refractivity contribution in [2.45, 2.75) is 6.18 Å². The Bertz CT molecular complexity index is 519. The van der Waals surface area contributed by atoms with Crippen LogP contribution < -0.4 is 9.89 Å². The number of benzene rings is 1. The molecule has 1 rings (SSSR count). The van der Waals surface area contributed by atoms with Gasteiger partial charge in [0.25, 0.3) is 0 Å². The van der Waals surface area contributed by atoms with Gasteiger partial charge in [0.2, 0.25) is 0 Å². The van der Waals surface area contributed by atoms with Gasteiger partial charge in [-0.3, -0.25) is 0 Å². The fraction of sp³-hybridized carbons (Fsp3) is 0.154. The highest BCUT2D eigenvalue weighted by Gasteiger charge is 2.33. The Balaban J connectivity index is 3.48. The highest BCUT2D eigenvalue weighted by molar-refractivity contribution is 5.87. The molecule has 1 aromatic rings. The van der Waals surface area contributed by atoms with Gasteiger partial charge in [-0.25, -0.2) is 5.16 Å². The average molecular weight is 271 g/mol. The van der Waals surface area contributed by atoms with E-state index in [1.54, 1.807) is 0 Å². The second kappa shape index (κ2) is 6.08. The van der Waals surface area contributed by atoms with Crippen molar-refractivity contribution >= 4 is 11.8 Å². The van der Waals surface area contributed by atoms with Gasteiger partial charge >= 0.3 is 6.18 Å². The first kappa shape index (κ1) is 14.8. The molecule has 1 N–H and O–H groups in total. The summed E-state index contributed by atoms with van der Waals surface area (Å²) in [5, 5.41) is 11.6. The number of hydrogen-bond acceptors (Lipinski definition) is 2. The van der Waals surface area contributed by atoms with Gasteiger partial charge in [-0.05, 0) is 29.3 Å². The monoisotopic (exact) mass is 271 g/mol. The molecular formula is C13H12F3NO2. The third-order valence-corrected chi connectivity index (χ3v) is 2.39. The zero-order valence-electron chi connectivity index (χ0n) is 10.1. The lowest BCUT2D eigenvalue weighted by atomic mass is 9.98. The quantitative estimate of drug-likeness (QED) is 0.393. The summed E-state index contributed by atoms with van der Waals surface area (Å²) in [6, 6.07) is 3.40. The number of ether oxygens (including phenoxy) is 1. The van der Waals surface area contributed by atoms with Crippen molar-refractivity contribution in [3.8, 4) is 5.75 Å². The smallest absolute Gasteiger partial charge is 0.417 e. The third kappa shape index (κ3) is 3.61. The van der Waals surface area contributed by atoms with Crippen molar-refractivity contribution in [3.05, 3.63) is 53.3 Å². The number of rotatable bonds is 4. The van der Waals surface area contributed by atoms with Gasteiger partial charge < -0.3 is 9.94 Å². The summed E-state index contributed by atoms with van der Waals surface area (Å²) in [7, 11) is 1.36. The fourth-order valence-corrected chi connectivity index (χ4v) is 1.53. The van der Waals surface area contributed by atoms with E-state index in [0.717, 1.165) is 12.3 Å². The van der Waals surface area contributed by atoms with E-state index in [2.05, 4.69) is 6.58 Å². The van der Waals surface area contributed by atoms with Crippen LogP contribution in [0.2, 0.25) is 0 Å². The maximum absolute atomic E-state index is 12.9. The molecular weight excluding hydrogens is 259 g/mol. The Hall–Kier alpha value is -2.24. The fourth-order valence-electron chi connectivity index (χ4n) is 1.53. The normalized spacial score (nSPS) is 12.7. The molecule has 0 aliphatic rings. The summed E-state index contributed by atoms with van der Waals surface area (Å²) >= 11 is 0. The molecule has 102 valence electrons. The standard InChI is InChI=1S/C13H12F3NO2/c1-3-9(6-7-17-18)11-8-10(19-2)4-5-12(11)13(14,15)16/h3-8,17H,1H2,2H3/b9-6+,17-7+. The van der Waals surface area contributed by atoms with E-state index >= 15 is 0 Å². The van der Waals surface area contributed by atoms with Gasteiger partial charge in [0.05, 0.1) is 12.7 Å². The molecule has 0 aliphatic carbocycles. The summed E-state index contributed by atoms with van der Waals surface area (Å²) in [6.45, 7) is 3.44. The predicted molar refractivity (Wildman–Crippen MR) is 66.6 cm³/mol. The number of allylic oxidation sites excluding steroid dienone is 3. The molecule has 0 aliphatic heterocycles. The van der Waals surface area contributed by atoms with Crippen molar-refractivity contribution in [1.29, 1.82) is 0 Å². The Morgan fingerprint density at radius 2 is 2.11 bits per heavy atom. The van der Waals surface area contributed by atoms with Crippen LogP contribution in [0.3, 0.4) is 0 Å². The largest absolute Gasteiger partial charge is 0.625 e. The SMILES string of the molecule is C=C/C(=C\C=[NH+]\[O-])c1cc(OC)ccc1C(F)(F)F. The molecule has 0 saturated heterocycles. The first-order valence-corrected chi connectivity index (χ1v) is 5.23. The first-order chi connectivity index (χ1) is 8.93. The van der Waals surface area contributed by atoms with E-state index in [1.165, 1.54) is 36.6 Å². The van der Waals surface area contributed by atoms with Crippen molar-refractivity contribution < 1.29 is 23.1 Å². The van der Waals surface area contributed by atoms with Crippen molar-refractivity contribution in [2.24, 2.45) is 0 Å². The van der Waals surface area contributed by atoms with Gasteiger partial charge in [-0.1, -0.05) is 12.7 Å². The number of methoxy groups -OCH3 is 1. The molecule has 1 aromatic carbocycles. The summed E-state index contributed by atoms with van der Waals surface area (Å²) in [5.41, 5.74) is -0.762. The lowest BCUT2D eigenvalue weighted by Gasteiger charge is -2.14. The Morgan fingerprint density at radius 3 is 2.58 bits per heavy atom. The third-order valence-electron chi connectivity index (χ3n) is 2.39. The molecule has 0 saturated carbocycles. The van der Waals surface area contributed by atoms with Gasteiger partial charge in [-0.15, -0.1) is 0 Å². The number of hydrogen-bond donors (Lipinski definition) is 1. The molecule has 0 radical (unpaired) electrons. The van der Waals surface area contributed by atoms with E-state index in [4.69, 9.17) is 4.74 Å². The highest BCUT2D eigenvalue weighted by Crippen LogP contribution is 2.37. The van der Waals surface area contributed by atoms with E-state index in [-0.39, 0.29) is 16.9 Å². The summed E-state index contributed by atoms with van der Waals surface area (Å²) in [6.07, 6.45) is -1.08. The maximum Gasteiger partial charge on any atom is 0.417 e. The van der Waals surface area contributed by atoms with Gasteiger partial charge in [0, 0.05) is 6.08 Å². The molecule has 0 amide bonds. The minimum atomic E-state index is -4.51. The van der Waals surface area contributed by atoms with E-state index in [1.807, 2.05) is 0 Å². The zero-order valence-corrected chi connectivity index (χ0v) is 10.1. The Labute approximate surface area is 108 Å². The number of nitrogens with one attached hydrogen (secondary N) is 1. The molecule has 6 heteroatoms. The van der Waals surface area contributed by atoms with Crippen LogP contribution in [-0.2, 0) is 6.18 Å². The second-order valence-electron chi connectivity index (χ2n) is 3.52. The van der Waals surface area contributed by atoms with Crippen LogP contribution in [-0.4, -0.2) is 13.3 Å². The van der Waals surface area contributed by atoms with Gasteiger partial charge in [0.15, 0.2) is 6.21 Å². The van der Waals surface area contributed by atoms with Crippen LogP contribution in [0.5, 0.6) is 5.75 Å². The lowest BCUT2D eigenvalue weighted by molar-refractivity contribution is -0.366. The van der Waals surface area contributed by atoms with Crippen LogP contribution in [0.4, 0.5) is 13.2 Å². The molecule has 0 spiro atoms. The predicted octanol–water partition coefficient (Wildman–Crippen LogP) is 1.93. The number of alkyl halides is 3. The topological polar surface area (TPSA) is 46.3 Å². The van der Waals surface area contributed by atoms with Gasteiger partial charge in [-0.2, -0.15) is 13.2 Å². The van der Waals surface area contributed by atoms with Crippen LogP contribution in [0.1, 0.15) is 11.1 Å². The molecule has 0 unspecified atom stereocenters. The lowest BCUT2D eigenvalue weighted by Crippen LogP contribution is -2.59. The minimum Gasteiger partial charge on any atom is -0.625 e. The van der Waals surface area contributed by atoms with Crippen molar-refractivity contribution in [3.63, 3.8) is 0 Å². The van der Waals surface area contributed by atoms with Crippen molar-refractivity contribution in [2.75, 3.05) is 7.11 Å². The van der Waals surface area contributed by atoms with Crippen LogP contribution in [0, 0.1) is 5.21 Å². The zero-order chi connectivity index (χ0) is 14.5. The summed E-state index contributed by atoms with van der Waals surface area (Å²) in [4.78, 5) is 0. The van der Waals surface area contributed by atoms with E-state index < -0.39 is 11.7 Å². The molecule has 0 atom stereocenters. The Kier molecular flexibility index (Phi) is 4.74. The van der Waals surface area contributed by atoms with Crippen molar-refractivity contribution in [1.82, 2.24) is 0 Å². The summed E-state index contributed by atoms with van der Waals surface area (Å²) < 4.78 is 43.6. The molecule has 0 aromatic heterocycles. The van der Waals surface area contributed by atoms with E-state index in [0.29, 0.717) is 0 Å². The second-order valence-corrected chi connectivity index (χ2v) is 3.52. The minimum absolute atomic E-state index is 0.103. The molecule has 3 nitrogen and oxygen atoms in total. The van der Waals surface area contributed by atoms with Gasteiger partial charge in [0.1, 0.15) is 5.75 Å². The average Bonchev–Trinajstić information content (AvgIpc) is 2.38. The first-order valence-electron chi connectivity index (χ1n) is 5.23. The molecule has 0 heterocycles. The molecule has 0 bridgehead atoms. The number of halogens is 3. The Morgan fingerprint density at radius 1 is 1.42 bits per heavy atom. The van der Waals surface area contributed by atoms with E-state index in [9.17, 15) is 18.4 Å². The van der Waals surface area contributed by atoms with Crippen LogP contribution >= 0.6 is 0 Å². The highest BCUT2D eigenvalue weighted by atomic mass is 19.4. The van der Waals surface area contributed by atoms with Crippen LogP contribution in [0.15, 0.2) is 36.9 Å².